The summed E-state index contributed by atoms with van der Waals surface area (Å²) >= 11 is 0. The molecule has 0 aliphatic carbocycles. The van der Waals surface area contributed by atoms with Gasteiger partial charge in [0.25, 0.3) is 5.91 Å². The molecule has 1 aliphatic heterocycles. The van der Waals surface area contributed by atoms with Crippen LogP contribution in [0.1, 0.15) is 24.0 Å². The van der Waals surface area contributed by atoms with Gasteiger partial charge < -0.3 is 19.7 Å². The van der Waals surface area contributed by atoms with Crippen LogP contribution in [0, 0.1) is 6.92 Å². The zero-order chi connectivity index (χ0) is 23.8. The predicted molar refractivity (Wildman–Crippen MR) is 134 cm³/mol. The Morgan fingerprint density at radius 3 is 2.65 bits per heavy atom. The summed E-state index contributed by atoms with van der Waals surface area (Å²) in [5, 5.41) is 2.86. The van der Waals surface area contributed by atoms with E-state index in [4.69, 9.17) is 9.47 Å². The van der Waals surface area contributed by atoms with Gasteiger partial charge in [0.05, 0.1) is 12.3 Å². The van der Waals surface area contributed by atoms with Crippen LogP contribution in [0.3, 0.4) is 0 Å². The van der Waals surface area contributed by atoms with E-state index >= 15 is 0 Å². The van der Waals surface area contributed by atoms with E-state index in [2.05, 4.69) is 5.32 Å². The van der Waals surface area contributed by atoms with Crippen molar-refractivity contribution >= 4 is 29.3 Å². The van der Waals surface area contributed by atoms with Gasteiger partial charge in [-0.3, -0.25) is 9.59 Å². The van der Waals surface area contributed by atoms with Gasteiger partial charge in [-0.05, 0) is 61.7 Å². The summed E-state index contributed by atoms with van der Waals surface area (Å²) in [5.41, 5.74) is 3.41. The second-order valence-corrected chi connectivity index (χ2v) is 8.12. The zero-order valence-corrected chi connectivity index (χ0v) is 19.2. The molecule has 0 spiro atoms. The van der Waals surface area contributed by atoms with E-state index in [0.717, 1.165) is 24.2 Å². The first-order chi connectivity index (χ1) is 16.6. The number of benzene rings is 3. The molecule has 0 fully saturated rings. The first kappa shape index (κ1) is 23.1. The van der Waals surface area contributed by atoms with Crippen LogP contribution in [0.4, 0.5) is 11.4 Å². The average molecular weight is 457 g/mol. The zero-order valence-electron chi connectivity index (χ0n) is 19.2. The molecule has 1 aliphatic rings. The van der Waals surface area contributed by atoms with Gasteiger partial charge in [-0.15, -0.1) is 0 Å². The van der Waals surface area contributed by atoms with Gasteiger partial charge in [0.2, 0.25) is 5.91 Å². The summed E-state index contributed by atoms with van der Waals surface area (Å²) < 4.78 is 11.4. The molecule has 1 heterocycles. The highest BCUT2D eigenvalue weighted by atomic mass is 16.5. The quantitative estimate of drug-likeness (QED) is 0.354. The van der Waals surface area contributed by atoms with Gasteiger partial charge in [-0.1, -0.05) is 48.0 Å². The fourth-order valence-corrected chi connectivity index (χ4v) is 3.64. The van der Waals surface area contributed by atoms with Crippen molar-refractivity contribution in [1.29, 1.82) is 0 Å². The SMILES string of the molecule is Cc1ccc(OCCCCN2C(=O)COc3ccc(NC(=O)/C=C/c4ccccc4)cc32)cc1. The Morgan fingerprint density at radius 1 is 1.06 bits per heavy atom. The van der Waals surface area contributed by atoms with Gasteiger partial charge in [0.1, 0.15) is 11.5 Å². The third-order valence-corrected chi connectivity index (χ3v) is 5.46. The van der Waals surface area contributed by atoms with E-state index in [1.165, 1.54) is 11.6 Å². The Bertz CT molecular complexity index is 1160. The van der Waals surface area contributed by atoms with Crippen LogP contribution in [0.25, 0.3) is 6.08 Å². The Labute approximate surface area is 199 Å². The lowest BCUT2D eigenvalue weighted by atomic mass is 10.2. The molecular formula is C28H28N2O4. The summed E-state index contributed by atoms with van der Waals surface area (Å²) in [5.74, 6) is 1.14. The van der Waals surface area contributed by atoms with Gasteiger partial charge in [-0.25, -0.2) is 0 Å². The minimum absolute atomic E-state index is 0.0123. The van der Waals surface area contributed by atoms with E-state index in [0.29, 0.717) is 30.3 Å². The van der Waals surface area contributed by atoms with E-state index in [1.807, 2.05) is 61.5 Å². The minimum atomic E-state index is -0.244. The van der Waals surface area contributed by atoms with Gasteiger partial charge in [0, 0.05) is 18.3 Å². The Hall–Kier alpha value is -4.06. The highest BCUT2D eigenvalue weighted by molar-refractivity contribution is 6.03. The number of ether oxygens (including phenoxy) is 2. The maximum absolute atomic E-state index is 12.5. The molecule has 3 aromatic rings. The number of hydrogen-bond donors (Lipinski definition) is 1. The monoisotopic (exact) mass is 456 g/mol. The van der Waals surface area contributed by atoms with E-state index < -0.39 is 0 Å². The second kappa shape index (κ2) is 11.2. The summed E-state index contributed by atoms with van der Waals surface area (Å²) in [4.78, 5) is 26.6. The number of fused-ring (bicyclic) bond motifs is 1. The van der Waals surface area contributed by atoms with Crippen molar-refractivity contribution in [3.05, 3.63) is 90.0 Å². The van der Waals surface area contributed by atoms with Crippen LogP contribution in [-0.4, -0.2) is 31.6 Å². The molecule has 0 unspecified atom stereocenters. The topological polar surface area (TPSA) is 67.9 Å². The number of hydrogen-bond acceptors (Lipinski definition) is 4. The molecule has 0 saturated heterocycles. The molecule has 1 N–H and O–H groups in total. The van der Waals surface area contributed by atoms with Gasteiger partial charge in [-0.2, -0.15) is 0 Å². The summed E-state index contributed by atoms with van der Waals surface area (Å²) in [6.07, 6.45) is 4.84. The number of nitrogens with zero attached hydrogens (tertiary/aromatic N) is 1. The highest BCUT2D eigenvalue weighted by Crippen LogP contribution is 2.34. The minimum Gasteiger partial charge on any atom is -0.494 e. The molecule has 3 aromatic carbocycles. The molecule has 0 bridgehead atoms. The Kier molecular flexibility index (Phi) is 7.60. The van der Waals surface area contributed by atoms with E-state index in [9.17, 15) is 9.59 Å². The lowest BCUT2D eigenvalue weighted by molar-refractivity contribution is -0.121. The van der Waals surface area contributed by atoms with Crippen molar-refractivity contribution in [1.82, 2.24) is 0 Å². The number of aryl methyl sites for hydroxylation is 1. The van der Waals surface area contributed by atoms with E-state index in [-0.39, 0.29) is 18.4 Å². The molecule has 2 amide bonds. The summed E-state index contributed by atoms with van der Waals surface area (Å²) in [6, 6.07) is 22.9. The summed E-state index contributed by atoms with van der Waals surface area (Å²) in [6.45, 7) is 3.19. The fraction of sp³-hybridized carbons (Fsp3) is 0.214. The Balaban J connectivity index is 1.33. The van der Waals surface area contributed by atoms with Crippen molar-refractivity contribution in [3.8, 4) is 11.5 Å². The third-order valence-electron chi connectivity index (χ3n) is 5.46. The van der Waals surface area contributed by atoms with Crippen LogP contribution in [-0.2, 0) is 9.59 Å². The third kappa shape index (κ3) is 6.25. The predicted octanol–water partition coefficient (Wildman–Crippen LogP) is 5.23. The highest BCUT2D eigenvalue weighted by Gasteiger charge is 2.25. The number of anilines is 2. The van der Waals surface area contributed by atoms with Crippen LogP contribution < -0.4 is 19.7 Å². The van der Waals surface area contributed by atoms with Crippen LogP contribution in [0.5, 0.6) is 11.5 Å². The van der Waals surface area contributed by atoms with Crippen molar-refractivity contribution in [2.45, 2.75) is 19.8 Å². The lowest BCUT2D eigenvalue weighted by Crippen LogP contribution is -2.39. The molecule has 0 saturated carbocycles. The molecule has 174 valence electrons. The molecular weight excluding hydrogens is 428 g/mol. The largest absolute Gasteiger partial charge is 0.494 e. The number of carbonyl (C=O) groups is 2. The van der Waals surface area contributed by atoms with Crippen LogP contribution in [0.2, 0.25) is 0 Å². The smallest absolute Gasteiger partial charge is 0.265 e. The van der Waals surface area contributed by atoms with Crippen molar-refractivity contribution in [2.24, 2.45) is 0 Å². The maximum Gasteiger partial charge on any atom is 0.265 e. The molecule has 0 atom stereocenters. The normalized spacial score (nSPS) is 12.9. The van der Waals surface area contributed by atoms with Crippen molar-refractivity contribution in [3.63, 3.8) is 0 Å². The van der Waals surface area contributed by atoms with Crippen molar-refractivity contribution in [2.75, 3.05) is 30.0 Å². The fourth-order valence-electron chi connectivity index (χ4n) is 3.64. The van der Waals surface area contributed by atoms with E-state index in [1.54, 1.807) is 29.2 Å². The van der Waals surface area contributed by atoms with Gasteiger partial charge in [0.15, 0.2) is 6.61 Å². The van der Waals surface area contributed by atoms with Crippen LogP contribution >= 0.6 is 0 Å². The second-order valence-electron chi connectivity index (χ2n) is 8.12. The van der Waals surface area contributed by atoms with Gasteiger partial charge >= 0.3 is 0 Å². The molecule has 6 heteroatoms. The molecule has 0 aromatic heterocycles. The van der Waals surface area contributed by atoms with Crippen LogP contribution in [0.15, 0.2) is 78.9 Å². The first-order valence-electron chi connectivity index (χ1n) is 11.4. The molecule has 6 nitrogen and oxygen atoms in total. The Morgan fingerprint density at radius 2 is 1.85 bits per heavy atom. The molecule has 34 heavy (non-hydrogen) atoms. The molecule has 4 rings (SSSR count). The molecule has 0 radical (unpaired) electrons. The number of amides is 2. The number of rotatable bonds is 9. The summed E-state index contributed by atoms with van der Waals surface area (Å²) in [7, 11) is 0. The standard InChI is InChI=1S/C28H28N2O4/c1-21-9-13-24(14-10-21)33-18-6-5-17-30-25-19-23(12-15-26(25)34-20-28(30)32)29-27(31)16-11-22-7-3-2-4-8-22/h2-4,7-16,19H,5-6,17-18,20H2,1H3,(H,29,31)/b16-11+. The lowest BCUT2D eigenvalue weighted by Gasteiger charge is -2.30. The number of carbonyl (C=O) groups excluding carboxylic acids is 2. The number of unbranched alkanes of at least 4 members (excludes halogenated alkanes) is 1. The maximum atomic E-state index is 12.5. The number of nitrogens with one attached hydrogen (secondary N) is 1. The average Bonchev–Trinajstić information content (AvgIpc) is 2.85. The first-order valence-corrected chi connectivity index (χ1v) is 11.4. The van der Waals surface area contributed by atoms with Crippen molar-refractivity contribution < 1.29 is 19.1 Å².